The van der Waals surface area contributed by atoms with E-state index in [1.54, 1.807) is 0 Å². The average Bonchev–Trinajstić information content (AvgIpc) is 3.18. The van der Waals surface area contributed by atoms with Crippen molar-refractivity contribution in [1.29, 1.82) is 0 Å². The molecule has 0 aromatic heterocycles. The predicted molar refractivity (Wildman–Crippen MR) is 138 cm³/mol. The summed E-state index contributed by atoms with van der Waals surface area (Å²) in [6, 6.07) is 0. The number of rotatable bonds is 2. The quantitative estimate of drug-likeness (QED) is 0.446. The van der Waals surface area contributed by atoms with Gasteiger partial charge < -0.3 is 5.32 Å². The number of carbonyl (C=O) groups is 2. The molecule has 5 fully saturated rings. The molecule has 9 unspecified atom stereocenters. The Hall–Kier alpha value is -1.12. The van der Waals surface area contributed by atoms with E-state index in [2.05, 4.69) is 53.4 Å². The third-order valence-electron chi connectivity index (χ3n) is 13.5. The maximum atomic E-state index is 13.4. The van der Waals surface area contributed by atoms with Gasteiger partial charge in [0.25, 0.3) is 0 Å². The Balaban J connectivity index is 1.57. The Labute approximate surface area is 208 Å². The molecular weight excluding hydrogens is 418 g/mol. The smallest absolute Gasteiger partial charge is 0.226 e. The molecule has 1 N–H and O–H groups in total. The maximum absolute atomic E-state index is 13.4. The van der Waals surface area contributed by atoms with Crippen molar-refractivity contribution >= 4 is 11.7 Å². The fraction of sp³-hybridized carbons (Fsp3) is 0.871. The number of carbonyl (C=O) groups excluding carboxylic acids is 2. The van der Waals surface area contributed by atoms with Crippen LogP contribution in [0.15, 0.2) is 12.2 Å². The van der Waals surface area contributed by atoms with Crippen LogP contribution < -0.4 is 5.32 Å². The molecular formula is C31H49NO2. The molecule has 0 bridgehead atoms. The largest absolute Gasteiger partial charge is 0.359 e. The molecule has 5 rings (SSSR count). The SMILES string of the molecule is C=C(C)C1CCC2(C(=O)NC)CCC3(C)C(CCC4C5(C)CCC(=O)C(C)(C)C5CCC43C)C12. The van der Waals surface area contributed by atoms with Crippen molar-refractivity contribution in [3.05, 3.63) is 12.2 Å². The first-order chi connectivity index (χ1) is 15.8. The summed E-state index contributed by atoms with van der Waals surface area (Å²) in [5.41, 5.74) is 1.66. The summed E-state index contributed by atoms with van der Waals surface area (Å²) >= 11 is 0. The average molecular weight is 468 g/mol. The van der Waals surface area contributed by atoms with Crippen LogP contribution in [0.2, 0.25) is 0 Å². The van der Waals surface area contributed by atoms with Crippen molar-refractivity contribution in [3.8, 4) is 0 Å². The van der Waals surface area contributed by atoms with E-state index in [0.29, 0.717) is 41.3 Å². The second-order valence-electron chi connectivity index (χ2n) is 14.6. The number of allylic oxidation sites excluding steroid dienone is 1. The summed E-state index contributed by atoms with van der Waals surface area (Å²) in [5, 5.41) is 3.09. The fourth-order valence-corrected chi connectivity index (χ4v) is 11.6. The number of ketones is 1. The van der Waals surface area contributed by atoms with Crippen LogP contribution in [0.25, 0.3) is 0 Å². The van der Waals surface area contributed by atoms with Crippen LogP contribution in [-0.2, 0) is 9.59 Å². The number of Topliss-reactive ketones (excluding diaryl/α,β-unsaturated/α-hetero) is 1. The zero-order valence-corrected chi connectivity index (χ0v) is 23.0. The highest BCUT2D eigenvalue weighted by atomic mass is 16.2. The van der Waals surface area contributed by atoms with Crippen molar-refractivity contribution in [2.75, 3.05) is 7.05 Å². The van der Waals surface area contributed by atoms with Gasteiger partial charge in [-0.3, -0.25) is 9.59 Å². The molecule has 9 atom stereocenters. The van der Waals surface area contributed by atoms with E-state index in [9.17, 15) is 9.59 Å². The van der Waals surface area contributed by atoms with Gasteiger partial charge in [0.05, 0.1) is 5.41 Å². The molecule has 5 aliphatic rings. The Morgan fingerprint density at radius 3 is 2.24 bits per heavy atom. The van der Waals surface area contributed by atoms with Crippen LogP contribution in [0, 0.1) is 56.7 Å². The minimum absolute atomic E-state index is 0.191. The molecule has 0 spiro atoms. The fourth-order valence-electron chi connectivity index (χ4n) is 11.6. The lowest BCUT2D eigenvalue weighted by Crippen LogP contribution is -2.67. The lowest BCUT2D eigenvalue weighted by atomic mass is 9.32. The Bertz CT molecular complexity index is 920. The molecule has 0 saturated heterocycles. The highest BCUT2D eigenvalue weighted by molar-refractivity contribution is 5.85. The maximum Gasteiger partial charge on any atom is 0.226 e. The zero-order chi connectivity index (χ0) is 24.9. The molecule has 3 nitrogen and oxygen atoms in total. The molecule has 190 valence electrons. The van der Waals surface area contributed by atoms with Crippen molar-refractivity contribution < 1.29 is 9.59 Å². The Kier molecular flexibility index (Phi) is 5.38. The molecule has 0 heterocycles. The summed E-state index contributed by atoms with van der Waals surface area (Å²) in [6.07, 6.45) is 11.1. The molecule has 5 aliphatic carbocycles. The summed E-state index contributed by atoms with van der Waals surface area (Å²) in [7, 11) is 1.84. The van der Waals surface area contributed by atoms with Crippen molar-refractivity contribution in [3.63, 3.8) is 0 Å². The van der Waals surface area contributed by atoms with Gasteiger partial charge in [-0.25, -0.2) is 0 Å². The van der Waals surface area contributed by atoms with E-state index in [1.165, 1.54) is 37.7 Å². The van der Waals surface area contributed by atoms with E-state index in [1.807, 2.05) is 7.05 Å². The van der Waals surface area contributed by atoms with Crippen LogP contribution in [-0.4, -0.2) is 18.7 Å². The summed E-state index contributed by atoms with van der Waals surface area (Å²) in [6.45, 7) is 18.9. The molecule has 5 saturated carbocycles. The van der Waals surface area contributed by atoms with E-state index >= 15 is 0 Å². The number of amides is 1. The van der Waals surface area contributed by atoms with Crippen LogP contribution in [0.4, 0.5) is 0 Å². The monoisotopic (exact) mass is 467 g/mol. The van der Waals surface area contributed by atoms with Gasteiger partial charge in [0, 0.05) is 18.9 Å². The summed E-state index contributed by atoms with van der Waals surface area (Å²) in [5.74, 6) is 3.44. The van der Waals surface area contributed by atoms with E-state index in [-0.39, 0.29) is 27.1 Å². The number of hydrogen-bond acceptors (Lipinski definition) is 2. The van der Waals surface area contributed by atoms with Gasteiger partial charge in [-0.15, -0.1) is 0 Å². The highest BCUT2D eigenvalue weighted by Crippen LogP contribution is 2.77. The molecule has 0 aromatic rings. The van der Waals surface area contributed by atoms with Crippen molar-refractivity contribution in [2.24, 2.45) is 56.7 Å². The third kappa shape index (κ3) is 2.76. The summed E-state index contributed by atoms with van der Waals surface area (Å²) in [4.78, 5) is 26.4. The van der Waals surface area contributed by atoms with Gasteiger partial charge in [0.15, 0.2) is 0 Å². The van der Waals surface area contributed by atoms with E-state index < -0.39 is 0 Å². The van der Waals surface area contributed by atoms with E-state index in [4.69, 9.17) is 0 Å². The minimum atomic E-state index is -0.202. The molecule has 1 amide bonds. The van der Waals surface area contributed by atoms with Gasteiger partial charge in [-0.1, -0.05) is 46.8 Å². The molecule has 0 aliphatic heterocycles. The van der Waals surface area contributed by atoms with Gasteiger partial charge in [-0.2, -0.15) is 0 Å². The first kappa shape index (κ1) is 24.6. The van der Waals surface area contributed by atoms with Crippen LogP contribution >= 0.6 is 0 Å². The Morgan fingerprint density at radius 2 is 1.59 bits per heavy atom. The van der Waals surface area contributed by atoms with Gasteiger partial charge in [0.2, 0.25) is 5.91 Å². The number of nitrogens with one attached hydrogen (secondary N) is 1. The Morgan fingerprint density at radius 1 is 0.882 bits per heavy atom. The van der Waals surface area contributed by atoms with Gasteiger partial charge in [-0.05, 0) is 111 Å². The van der Waals surface area contributed by atoms with Crippen LogP contribution in [0.3, 0.4) is 0 Å². The molecule has 0 radical (unpaired) electrons. The van der Waals surface area contributed by atoms with Crippen LogP contribution in [0.5, 0.6) is 0 Å². The first-order valence-electron chi connectivity index (χ1n) is 14.2. The van der Waals surface area contributed by atoms with Crippen molar-refractivity contribution in [1.82, 2.24) is 5.32 Å². The topological polar surface area (TPSA) is 46.2 Å². The molecule has 0 aromatic carbocycles. The predicted octanol–water partition coefficient (Wildman–Crippen LogP) is 6.96. The lowest BCUT2D eigenvalue weighted by molar-refractivity contribution is -0.233. The summed E-state index contributed by atoms with van der Waals surface area (Å²) < 4.78 is 0. The number of hydrogen-bond donors (Lipinski definition) is 1. The minimum Gasteiger partial charge on any atom is -0.359 e. The van der Waals surface area contributed by atoms with Gasteiger partial charge in [0.1, 0.15) is 5.78 Å². The lowest BCUT2D eigenvalue weighted by Gasteiger charge is -2.72. The van der Waals surface area contributed by atoms with Crippen LogP contribution in [0.1, 0.15) is 106 Å². The third-order valence-corrected chi connectivity index (χ3v) is 13.5. The zero-order valence-electron chi connectivity index (χ0n) is 23.0. The first-order valence-corrected chi connectivity index (χ1v) is 14.2. The highest BCUT2D eigenvalue weighted by Gasteiger charge is 2.71. The van der Waals surface area contributed by atoms with E-state index in [0.717, 1.165) is 32.1 Å². The molecule has 3 heteroatoms. The second-order valence-corrected chi connectivity index (χ2v) is 14.6. The second kappa shape index (κ2) is 7.45. The normalized spacial score (nSPS) is 51.5. The molecule has 34 heavy (non-hydrogen) atoms. The number of fused-ring (bicyclic) bond motifs is 7. The van der Waals surface area contributed by atoms with Gasteiger partial charge >= 0.3 is 0 Å². The standard InChI is InChI=1S/C31H49NO2/c1-19(2)20-11-16-31(26(34)32-8)18-17-29(6)21(25(20)31)9-10-23-28(5)14-13-24(33)27(3,4)22(28)12-15-30(23,29)7/h20-23,25H,1,9-18H2,2-8H3,(H,32,34). The van der Waals surface area contributed by atoms with Crippen molar-refractivity contribution in [2.45, 2.75) is 106 Å².